The fourth-order valence-electron chi connectivity index (χ4n) is 0.0984. The molecule has 0 bridgehead atoms. The summed E-state index contributed by atoms with van der Waals surface area (Å²) in [7, 11) is 0. The summed E-state index contributed by atoms with van der Waals surface area (Å²) in [5.41, 5.74) is 4.82. The Morgan fingerprint density at radius 2 is 2.57 bits per heavy atom. The van der Waals surface area contributed by atoms with E-state index in [4.69, 9.17) is 17.6 Å². The molecule has 0 spiro atoms. The van der Waals surface area contributed by atoms with E-state index in [1.54, 1.807) is 6.07 Å². The predicted octanol–water partition coefficient (Wildman–Crippen LogP) is 0.229. The Morgan fingerprint density at radius 3 is 2.71 bits per heavy atom. The van der Waals surface area contributed by atoms with Crippen LogP contribution in [0, 0.1) is 17.9 Å². The molecule has 0 aromatic rings. The van der Waals surface area contributed by atoms with Gasteiger partial charge in [-0.3, -0.25) is 0 Å². The first-order valence-electron chi connectivity index (χ1n) is 1.53. The van der Waals surface area contributed by atoms with Crippen LogP contribution in [0.3, 0.4) is 0 Å². The van der Waals surface area contributed by atoms with E-state index in [0.717, 1.165) is 6.20 Å². The van der Waals surface area contributed by atoms with Gasteiger partial charge in [-0.25, -0.2) is 4.85 Å². The molecule has 0 aliphatic rings. The van der Waals surface area contributed by atoms with Crippen molar-refractivity contribution >= 4 is 0 Å². The molecule has 0 amide bonds. The van der Waals surface area contributed by atoms with Crippen molar-refractivity contribution in [2.24, 2.45) is 5.73 Å². The molecule has 2 N–H and O–H groups in total. The summed E-state index contributed by atoms with van der Waals surface area (Å²) in [6.07, 6.45) is 0.972. The summed E-state index contributed by atoms with van der Waals surface area (Å²) in [6.45, 7) is 6.15. The first-order chi connectivity index (χ1) is 3.31. The minimum absolute atomic E-state index is 0.0463. The van der Waals surface area contributed by atoms with Gasteiger partial charge in [0.25, 0.3) is 0 Å². The van der Waals surface area contributed by atoms with E-state index in [2.05, 4.69) is 4.85 Å². The summed E-state index contributed by atoms with van der Waals surface area (Å²) < 4.78 is 0. The molecular formula is C4H3N3. The van der Waals surface area contributed by atoms with Crippen LogP contribution in [-0.4, -0.2) is 0 Å². The first kappa shape index (κ1) is 5.52. The fraction of sp³-hybridized carbons (Fsp3) is 0. The van der Waals surface area contributed by atoms with E-state index >= 15 is 0 Å². The summed E-state index contributed by atoms with van der Waals surface area (Å²) in [5, 5.41) is 7.88. The van der Waals surface area contributed by atoms with Crippen molar-refractivity contribution in [3.63, 3.8) is 0 Å². The Balaban J connectivity index is 3.89. The molecule has 0 aromatic heterocycles. The second-order valence-electron chi connectivity index (χ2n) is 0.825. The second-order valence-corrected chi connectivity index (χ2v) is 0.825. The Bertz CT molecular complexity index is 155. The minimum Gasteiger partial charge on any atom is -0.399 e. The van der Waals surface area contributed by atoms with Crippen LogP contribution in [0.25, 0.3) is 4.85 Å². The number of hydrogen-bond acceptors (Lipinski definition) is 2. The van der Waals surface area contributed by atoms with E-state index in [1.165, 1.54) is 0 Å². The SMILES string of the molecule is [C-]#[N+]C=C(N)C#N. The van der Waals surface area contributed by atoms with E-state index in [0.29, 0.717) is 0 Å². The fourth-order valence-corrected chi connectivity index (χ4v) is 0.0984. The highest BCUT2D eigenvalue weighted by Crippen LogP contribution is 1.76. The van der Waals surface area contributed by atoms with Crippen LogP contribution < -0.4 is 5.73 Å². The normalized spacial score (nSPS) is 9.14. The van der Waals surface area contributed by atoms with Crippen molar-refractivity contribution in [1.82, 2.24) is 0 Å². The number of nitrogens with two attached hydrogens (primary N) is 1. The molecule has 3 nitrogen and oxygen atoms in total. The average molecular weight is 93.1 g/mol. The summed E-state index contributed by atoms with van der Waals surface area (Å²) in [6, 6.07) is 1.59. The van der Waals surface area contributed by atoms with Gasteiger partial charge in [0.05, 0.1) is 6.57 Å². The second kappa shape index (κ2) is 2.74. The highest BCUT2D eigenvalue weighted by molar-refractivity contribution is 5.18. The monoisotopic (exact) mass is 93.0 g/mol. The van der Waals surface area contributed by atoms with Crippen LogP contribution in [0.4, 0.5) is 0 Å². The van der Waals surface area contributed by atoms with Gasteiger partial charge in [0.2, 0.25) is 0 Å². The molecule has 0 saturated heterocycles. The molecule has 0 aliphatic carbocycles. The molecule has 0 rings (SSSR count). The number of rotatable bonds is 0. The van der Waals surface area contributed by atoms with E-state index in [9.17, 15) is 0 Å². The van der Waals surface area contributed by atoms with Crippen LogP contribution >= 0.6 is 0 Å². The highest BCUT2D eigenvalue weighted by Gasteiger charge is 1.75. The van der Waals surface area contributed by atoms with Gasteiger partial charge in [0, 0.05) is 0 Å². The van der Waals surface area contributed by atoms with Crippen molar-refractivity contribution in [3.8, 4) is 6.07 Å². The predicted molar refractivity (Wildman–Crippen MR) is 24.5 cm³/mol. The standard InChI is InChI=1S/C4H3N3/c1-7-3-4(6)2-5/h3H,6H2. The Hall–Kier alpha value is -1.48. The van der Waals surface area contributed by atoms with Crippen LogP contribution in [0.1, 0.15) is 0 Å². The largest absolute Gasteiger partial charge is 0.399 e. The van der Waals surface area contributed by atoms with E-state index in [1.807, 2.05) is 0 Å². The number of nitrogens with zero attached hydrogens (tertiary/aromatic N) is 2. The van der Waals surface area contributed by atoms with Crippen molar-refractivity contribution < 1.29 is 0 Å². The quantitative estimate of drug-likeness (QED) is 0.344. The van der Waals surface area contributed by atoms with E-state index in [-0.39, 0.29) is 5.70 Å². The van der Waals surface area contributed by atoms with Gasteiger partial charge >= 0.3 is 0 Å². The zero-order valence-electron chi connectivity index (χ0n) is 3.55. The lowest BCUT2D eigenvalue weighted by molar-refractivity contribution is 1.39. The topological polar surface area (TPSA) is 54.2 Å². The Labute approximate surface area is 41.5 Å². The molecular weight excluding hydrogens is 90.1 g/mol. The van der Waals surface area contributed by atoms with Gasteiger partial charge in [-0.1, -0.05) is 0 Å². The van der Waals surface area contributed by atoms with E-state index < -0.39 is 0 Å². The number of hydrogen-bond donors (Lipinski definition) is 1. The Kier molecular flexibility index (Phi) is 2.16. The third-order valence-corrected chi connectivity index (χ3v) is 0.333. The van der Waals surface area contributed by atoms with Crippen molar-refractivity contribution in [2.75, 3.05) is 0 Å². The summed E-state index contributed by atoms with van der Waals surface area (Å²) >= 11 is 0. The number of allylic oxidation sites excluding steroid dienone is 1. The lowest BCUT2D eigenvalue weighted by Gasteiger charge is -1.72. The first-order valence-corrected chi connectivity index (χ1v) is 1.53. The third kappa shape index (κ3) is 2.32. The van der Waals surface area contributed by atoms with Crippen LogP contribution in [0.2, 0.25) is 0 Å². The molecule has 0 saturated carbocycles. The summed E-state index contributed by atoms with van der Waals surface area (Å²) in [4.78, 5) is 2.75. The van der Waals surface area contributed by atoms with Crippen LogP contribution in [0.5, 0.6) is 0 Å². The van der Waals surface area contributed by atoms with Gasteiger partial charge in [-0.15, -0.1) is 0 Å². The molecule has 7 heavy (non-hydrogen) atoms. The zero-order chi connectivity index (χ0) is 5.70. The molecule has 0 unspecified atom stereocenters. The highest BCUT2D eigenvalue weighted by atomic mass is 14.7. The molecule has 0 radical (unpaired) electrons. The molecule has 0 aromatic carbocycles. The van der Waals surface area contributed by atoms with Gasteiger partial charge in [0.15, 0.2) is 6.20 Å². The maximum atomic E-state index is 7.88. The maximum Gasteiger partial charge on any atom is 0.186 e. The molecule has 0 aliphatic heterocycles. The molecule has 0 atom stereocenters. The van der Waals surface area contributed by atoms with Gasteiger partial charge in [-0.05, 0) is 0 Å². The average Bonchev–Trinajstić information content (AvgIpc) is 1.68. The minimum atomic E-state index is -0.0463. The molecule has 34 valence electrons. The van der Waals surface area contributed by atoms with Crippen LogP contribution in [0.15, 0.2) is 11.9 Å². The number of nitriles is 1. The molecule has 0 fully saturated rings. The van der Waals surface area contributed by atoms with Crippen molar-refractivity contribution in [1.29, 1.82) is 5.26 Å². The summed E-state index contributed by atoms with van der Waals surface area (Å²) in [5.74, 6) is 0. The van der Waals surface area contributed by atoms with Gasteiger partial charge in [0.1, 0.15) is 11.8 Å². The maximum absolute atomic E-state index is 7.88. The van der Waals surface area contributed by atoms with Crippen molar-refractivity contribution in [2.45, 2.75) is 0 Å². The van der Waals surface area contributed by atoms with Crippen LogP contribution in [-0.2, 0) is 0 Å². The van der Waals surface area contributed by atoms with Gasteiger partial charge < -0.3 is 5.73 Å². The lowest BCUT2D eigenvalue weighted by Crippen LogP contribution is -1.89. The lowest BCUT2D eigenvalue weighted by atomic mass is 10.6. The van der Waals surface area contributed by atoms with Crippen molar-refractivity contribution in [3.05, 3.63) is 23.3 Å². The smallest absolute Gasteiger partial charge is 0.186 e. The molecule has 0 heterocycles. The Morgan fingerprint density at radius 1 is 2.00 bits per heavy atom. The molecule has 3 heteroatoms. The zero-order valence-corrected chi connectivity index (χ0v) is 3.55. The third-order valence-electron chi connectivity index (χ3n) is 0.333. The van der Waals surface area contributed by atoms with Gasteiger partial charge in [-0.2, -0.15) is 5.26 Å².